The molecule has 0 bridgehead atoms. The van der Waals surface area contributed by atoms with E-state index in [1.165, 1.54) is 11.6 Å². The molecule has 0 aliphatic heterocycles. The van der Waals surface area contributed by atoms with Gasteiger partial charge in [-0.05, 0) is 48.9 Å². The third-order valence-corrected chi connectivity index (χ3v) is 3.73. The van der Waals surface area contributed by atoms with E-state index in [4.69, 9.17) is 0 Å². The van der Waals surface area contributed by atoms with E-state index in [-0.39, 0.29) is 11.9 Å². The molecule has 0 fully saturated rings. The Morgan fingerprint density at radius 3 is 2.76 bits per heavy atom. The van der Waals surface area contributed by atoms with Crippen LogP contribution in [0.5, 0.6) is 0 Å². The second-order valence-electron chi connectivity index (χ2n) is 5.09. The van der Waals surface area contributed by atoms with Crippen LogP contribution in [0.3, 0.4) is 0 Å². The standard InChI is InChI=1S/C18H17FN2/c1-20-18(12-13-5-2-6-14(19)11-13)16-7-3-9-17-15(16)8-4-10-21-17/h2-11,18,20H,12H2,1H3. The highest BCUT2D eigenvalue weighted by Gasteiger charge is 2.13. The van der Waals surface area contributed by atoms with Gasteiger partial charge in [-0.2, -0.15) is 0 Å². The lowest BCUT2D eigenvalue weighted by Crippen LogP contribution is -2.19. The second kappa shape index (κ2) is 6.02. The number of hydrogen-bond acceptors (Lipinski definition) is 2. The summed E-state index contributed by atoms with van der Waals surface area (Å²) in [6, 6.07) is 17.0. The Morgan fingerprint density at radius 2 is 1.95 bits per heavy atom. The maximum atomic E-state index is 13.3. The van der Waals surface area contributed by atoms with Crippen molar-refractivity contribution in [1.29, 1.82) is 0 Å². The fourth-order valence-corrected chi connectivity index (χ4v) is 2.70. The molecule has 2 aromatic carbocycles. The normalized spacial score (nSPS) is 12.5. The molecule has 1 heterocycles. The van der Waals surface area contributed by atoms with Gasteiger partial charge in [0.2, 0.25) is 0 Å². The van der Waals surface area contributed by atoms with E-state index in [0.29, 0.717) is 0 Å². The Bertz CT molecular complexity index is 750. The van der Waals surface area contributed by atoms with E-state index >= 15 is 0 Å². The van der Waals surface area contributed by atoms with Crippen LogP contribution >= 0.6 is 0 Å². The average Bonchev–Trinajstić information content (AvgIpc) is 2.52. The number of hydrogen-bond donors (Lipinski definition) is 1. The fraction of sp³-hybridized carbons (Fsp3) is 0.167. The fourth-order valence-electron chi connectivity index (χ4n) is 2.70. The van der Waals surface area contributed by atoms with Crippen molar-refractivity contribution in [3.8, 4) is 0 Å². The van der Waals surface area contributed by atoms with Crippen molar-refractivity contribution in [2.45, 2.75) is 12.5 Å². The van der Waals surface area contributed by atoms with Crippen molar-refractivity contribution in [1.82, 2.24) is 10.3 Å². The first-order valence-corrected chi connectivity index (χ1v) is 7.03. The minimum Gasteiger partial charge on any atom is -0.313 e. The van der Waals surface area contributed by atoms with Crippen LogP contribution in [-0.2, 0) is 6.42 Å². The number of rotatable bonds is 4. The molecule has 3 heteroatoms. The van der Waals surface area contributed by atoms with Gasteiger partial charge in [-0.25, -0.2) is 4.39 Å². The van der Waals surface area contributed by atoms with Gasteiger partial charge in [-0.1, -0.05) is 30.3 Å². The number of benzene rings is 2. The SMILES string of the molecule is CNC(Cc1cccc(F)c1)c1cccc2ncccc12. The van der Waals surface area contributed by atoms with Gasteiger partial charge in [0, 0.05) is 17.6 Å². The van der Waals surface area contributed by atoms with E-state index in [1.807, 2.05) is 31.3 Å². The van der Waals surface area contributed by atoms with Crippen LogP contribution in [0.2, 0.25) is 0 Å². The third kappa shape index (κ3) is 2.93. The van der Waals surface area contributed by atoms with E-state index in [2.05, 4.69) is 22.4 Å². The number of halogens is 1. The predicted octanol–water partition coefficient (Wildman–Crippen LogP) is 3.88. The summed E-state index contributed by atoms with van der Waals surface area (Å²) in [5.74, 6) is -0.193. The molecular formula is C18H17FN2. The summed E-state index contributed by atoms with van der Waals surface area (Å²) in [4.78, 5) is 4.39. The van der Waals surface area contributed by atoms with Gasteiger partial charge in [-0.15, -0.1) is 0 Å². The molecule has 3 aromatic rings. The van der Waals surface area contributed by atoms with Gasteiger partial charge in [-0.3, -0.25) is 4.98 Å². The topological polar surface area (TPSA) is 24.9 Å². The molecule has 1 aromatic heterocycles. The minimum absolute atomic E-state index is 0.125. The van der Waals surface area contributed by atoms with Crippen molar-refractivity contribution in [3.05, 3.63) is 77.7 Å². The zero-order chi connectivity index (χ0) is 14.7. The number of fused-ring (bicyclic) bond motifs is 1. The summed E-state index contributed by atoms with van der Waals surface area (Å²) >= 11 is 0. The third-order valence-electron chi connectivity index (χ3n) is 3.73. The quantitative estimate of drug-likeness (QED) is 0.784. The Kier molecular flexibility index (Phi) is 3.93. The van der Waals surface area contributed by atoms with Gasteiger partial charge >= 0.3 is 0 Å². The summed E-state index contributed by atoms with van der Waals surface area (Å²) in [6.45, 7) is 0. The van der Waals surface area contributed by atoms with E-state index in [9.17, 15) is 4.39 Å². The average molecular weight is 280 g/mol. The summed E-state index contributed by atoms with van der Waals surface area (Å²) in [5.41, 5.74) is 3.15. The van der Waals surface area contributed by atoms with E-state index < -0.39 is 0 Å². The van der Waals surface area contributed by atoms with E-state index in [0.717, 1.165) is 22.9 Å². The number of aromatic nitrogens is 1. The second-order valence-corrected chi connectivity index (χ2v) is 5.09. The predicted molar refractivity (Wildman–Crippen MR) is 83.6 cm³/mol. The van der Waals surface area contributed by atoms with Crippen LogP contribution < -0.4 is 5.32 Å². The smallest absolute Gasteiger partial charge is 0.123 e. The summed E-state index contributed by atoms with van der Waals surface area (Å²) < 4.78 is 13.3. The van der Waals surface area contributed by atoms with Crippen LogP contribution in [0.1, 0.15) is 17.2 Å². The van der Waals surface area contributed by atoms with Crippen molar-refractivity contribution in [3.63, 3.8) is 0 Å². The molecule has 0 spiro atoms. The lowest BCUT2D eigenvalue weighted by atomic mass is 9.95. The lowest BCUT2D eigenvalue weighted by Gasteiger charge is -2.18. The van der Waals surface area contributed by atoms with Gasteiger partial charge in [0.25, 0.3) is 0 Å². The molecule has 0 radical (unpaired) electrons. The molecule has 3 rings (SSSR count). The van der Waals surface area contributed by atoms with Crippen molar-refractivity contribution in [2.24, 2.45) is 0 Å². The largest absolute Gasteiger partial charge is 0.313 e. The summed E-state index contributed by atoms with van der Waals surface area (Å²) in [6.07, 6.45) is 2.54. The first-order valence-electron chi connectivity index (χ1n) is 7.03. The van der Waals surface area contributed by atoms with Crippen LogP contribution in [-0.4, -0.2) is 12.0 Å². The van der Waals surface area contributed by atoms with Crippen LogP contribution in [0, 0.1) is 5.82 Å². The van der Waals surface area contributed by atoms with Gasteiger partial charge < -0.3 is 5.32 Å². The van der Waals surface area contributed by atoms with Crippen molar-refractivity contribution < 1.29 is 4.39 Å². The molecule has 21 heavy (non-hydrogen) atoms. The van der Waals surface area contributed by atoms with Crippen molar-refractivity contribution in [2.75, 3.05) is 7.05 Å². The molecule has 1 N–H and O–H groups in total. The summed E-state index contributed by atoms with van der Waals surface area (Å²) in [5, 5.41) is 4.46. The van der Waals surface area contributed by atoms with Crippen LogP contribution in [0.4, 0.5) is 4.39 Å². The highest BCUT2D eigenvalue weighted by molar-refractivity contribution is 5.82. The van der Waals surface area contributed by atoms with Gasteiger partial charge in [0.05, 0.1) is 5.52 Å². The van der Waals surface area contributed by atoms with Crippen molar-refractivity contribution >= 4 is 10.9 Å². The molecule has 106 valence electrons. The lowest BCUT2D eigenvalue weighted by molar-refractivity contribution is 0.587. The molecular weight excluding hydrogens is 263 g/mol. The molecule has 0 aliphatic rings. The van der Waals surface area contributed by atoms with E-state index in [1.54, 1.807) is 18.3 Å². The minimum atomic E-state index is -0.193. The molecule has 0 saturated carbocycles. The molecule has 1 unspecified atom stereocenters. The first kappa shape index (κ1) is 13.7. The molecule has 0 amide bonds. The number of nitrogens with zero attached hydrogens (tertiary/aromatic N) is 1. The highest BCUT2D eigenvalue weighted by Crippen LogP contribution is 2.25. The number of nitrogens with one attached hydrogen (secondary N) is 1. The maximum Gasteiger partial charge on any atom is 0.123 e. The Labute approximate surface area is 123 Å². The number of likely N-dealkylation sites (N-methyl/N-ethyl adjacent to an activating group) is 1. The Morgan fingerprint density at radius 1 is 1.10 bits per heavy atom. The zero-order valence-corrected chi connectivity index (χ0v) is 11.9. The molecule has 2 nitrogen and oxygen atoms in total. The maximum absolute atomic E-state index is 13.3. The number of pyridine rings is 1. The zero-order valence-electron chi connectivity index (χ0n) is 11.9. The molecule has 0 saturated heterocycles. The van der Waals surface area contributed by atoms with Gasteiger partial charge in [0.15, 0.2) is 0 Å². The van der Waals surface area contributed by atoms with Gasteiger partial charge in [0.1, 0.15) is 5.82 Å². The highest BCUT2D eigenvalue weighted by atomic mass is 19.1. The van der Waals surface area contributed by atoms with Crippen LogP contribution in [0.25, 0.3) is 10.9 Å². The monoisotopic (exact) mass is 280 g/mol. The molecule has 0 aliphatic carbocycles. The molecule has 1 atom stereocenters. The Balaban J connectivity index is 1.98. The first-order chi connectivity index (χ1) is 10.3. The Hall–Kier alpha value is -2.26. The van der Waals surface area contributed by atoms with Crippen LogP contribution in [0.15, 0.2) is 60.8 Å². The summed E-state index contributed by atoms with van der Waals surface area (Å²) in [7, 11) is 1.93.